The number of hydrogen-bond donors (Lipinski definition) is 3. The lowest BCUT2D eigenvalue weighted by atomic mass is 10.1. The fourth-order valence-electron chi connectivity index (χ4n) is 3.58. The first kappa shape index (κ1) is 21.9. The predicted molar refractivity (Wildman–Crippen MR) is 126 cm³/mol. The Morgan fingerprint density at radius 1 is 0.970 bits per heavy atom. The van der Waals surface area contributed by atoms with E-state index in [-0.39, 0.29) is 0 Å². The topological polar surface area (TPSA) is 116 Å². The van der Waals surface area contributed by atoms with Crippen molar-refractivity contribution in [3.05, 3.63) is 71.4 Å². The molecule has 0 saturated carbocycles. The Balaban J connectivity index is 1.42. The molecule has 9 heteroatoms. The van der Waals surface area contributed by atoms with Gasteiger partial charge in [0.25, 0.3) is 11.8 Å². The fourth-order valence-corrected chi connectivity index (χ4v) is 3.58. The molecule has 3 aromatic rings. The zero-order valence-corrected chi connectivity index (χ0v) is 18.5. The van der Waals surface area contributed by atoms with Gasteiger partial charge in [-0.3, -0.25) is 19.3 Å². The summed E-state index contributed by atoms with van der Waals surface area (Å²) in [6.07, 6.45) is 0. The molecule has 1 aliphatic heterocycles. The number of aromatic nitrogens is 2. The molecule has 2 heterocycles. The Morgan fingerprint density at radius 2 is 1.58 bits per heavy atom. The highest BCUT2D eigenvalue weighted by atomic mass is 16.2. The van der Waals surface area contributed by atoms with Crippen LogP contribution in [-0.2, 0) is 4.79 Å². The number of hydrogen-bond acceptors (Lipinski definition) is 7. The van der Waals surface area contributed by atoms with Crippen LogP contribution in [0.1, 0.15) is 40.3 Å². The van der Waals surface area contributed by atoms with Crippen LogP contribution < -0.4 is 16.0 Å². The molecule has 168 valence electrons. The van der Waals surface area contributed by atoms with E-state index in [4.69, 9.17) is 0 Å². The number of carbonyl (C=O) groups is 3. The standard InChI is InChI=1S/C24H24N6O3/c1-4-25-24-26-14(2)13-20(29-24)27-16-9-11-17(12-10-16)28-21(31)15(3)30-22(32)18-7-5-6-8-19(18)23(30)33/h5-13,15H,4H2,1-3H3,(H,28,31)(H2,25,26,27,29). The number of imide groups is 1. The predicted octanol–water partition coefficient (Wildman–Crippen LogP) is 3.58. The Hall–Kier alpha value is -4.27. The first-order valence-corrected chi connectivity index (χ1v) is 10.6. The lowest BCUT2D eigenvalue weighted by molar-refractivity contribution is -0.119. The summed E-state index contributed by atoms with van der Waals surface area (Å²) in [4.78, 5) is 47.7. The highest BCUT2D eigenvalue weighted by molar-refractivity contribution is 6.23. The van der Waals surface area contributed by atoms with Crippen LogP contribution in [0, 0.1) is 6.92 Å². The minimum absolute atomic E-state index is 0.315. The number of carbonyl (C=O) groups excluding carboxylic acids is 3. The molecule has 0 radical (unpaired) electrons. The maximum atomic E-state index is 12.8. The Labute approximate surface area is 191 Å². The fraction of sp³-hybridized carbons (Fsp3) is 0.208. The van der Waals surface area contributed by atoms with Crippen LogP contribution >= 0.6 is 0 Å². The average molecular weight is 444 g/mol. The van der Waals surface area contributed by atoms with Crippen LogP contribution in [0.4, 0.5) is 23.1 Å². The molecule has 33 heavy (non-hydrogen) atoms. The minimum Gasteiger partial charge on any atom is -0.354 e. The molecule has 3 N–H and O–H groups in total. The van der Waals surface area contributed by atoms with Crippen LogP contribution in [0.2, 0.25) is 0 Å². The van der Waals surface area contributed by atoms with Gasteiger partial charge in [0.1, 0.15) is 11.9 Å². The maximum Gasteiger partial charge on any atom is 0.262 e. The first-order valence-electron chi connectivity index (χ1n) is 10.6. The molecule has 2 aromatic carbocycles. The number of benzene rings is 2. The summed E-state index contributed by atoms with van der Waals surface area (Å²) in [6.45, 7) is 6.12. The summed E-state index contributed by atoms with van der Waals surface area (Å²) >= 11 is 0. The molecule has 4 rings (SSSR count). The Bertz CT molecular complexity index is 1190. The molecule has 1 unspecified atom stereocenters. The van der Waals surface area contributed by atoms with Crippen LogP contribution in [0.15, 0.2) is 54.6 Å². The lowest BCUT2D eigenvalue weighted by Gasteiger charge is -2.21. The smallest absolute Gasteiger partial charge is 0.262 e. The number of nitrogens with zero attached hydrogens (tertiary/aromatic N) is 3. The van der Waals surface area contributed by atoms with Gasteiger partial charge in [-0.25, -0.2) is 4.98 Å². The summed E-state index contributed by atoms with van der Waals surface area (Å²) in [5, 5.41) is 9.07. The summed E-state index contributed by atoms with van der Waals surface area (Å²) in [5.41, 5.74) is 2.78. The second-order valence-electron chi connectivity index (χ2n) is 7.64. The SMILES string of the molecule is CCNc1nc(C)cc(Nc2ccc(NC(=O)C(C)N3C(=O)c4ccccc4C3=O)cc2)n1. The maximum absolute atomic E-state index is 12.8. The number of amides is 3. The van der Waals surface area contributed by atoms with Gasteiger partial charge in [-0.1, -0.05) is 12.1 Å². The Kier molecular flexibility index (Phi) is 6.03. The van der Waals surface area contributed by atoms with Crippen LogP contribution in [0.5, 0.6) is 0 Å². The van der Waals surface area contributed by atoms with E-state index in [1.807, 2.05) is 19.9 Å². The highest BCUT2D eigenvalue weighted by Crippen LogP contribution is 2.25. The normalized spacial score (nSPS) is 13.5. The van der Waals surface area contributed by atoms with Crippen molar-refractivity contribution in [1.82, 2.24) is 14.9 Å². The van der Waals surface area contributed by atoms with Gasteiger partial charge in [0, 0.05) is 29.7 Å². The summed E-state index contributed by atoms with van der Waals surface area (Å²) in [7, 11) is 0. The molecule has 1 atom stereocenters. The third-order valence-electron chi connectivity index (χ3n) is 5.21. The minimum atomic E-state index is -0.955. The van der Waals surface area contributed by atoms with Gasteiger partial charge in [-0.15, -0.1) is 0 Å². The van der Waals surface area contributed by atoms with Crippen LogP contribution in [0.3, 0.4) is 0 Å². The van der Waals surface area contributed by atoms with E-state index >= 15 is 0 Å². The van der Waals surface area contributed by atoms with E-state index in [2.05, 4.69) is 25.9 Å². The Morgan fingerprint density at radius 3 is 2.18 bits per heavy atom. The number of rotatable bonds is 7. The molecule has 0 saturated heterocycles. The summed E-state index contributed by atoms with van der Waals surface area (Å²) in [5.74, 6) is -0.183. The van der Waals surface area contributed by atoms with E-state index in [1.165, 1.54) is 6.92 Å². The number of aryl methyl sites for hydroxylation is 1. The van der Waals surface area contributed by atoms with E-state index in [1.54, 1.807) is 48.5 Å². The van der Waals surface area contributed by atoms with Crippen LogP contribution in [0.25, 0.3) is 0 Å². The zero-order valence-electron chi connectivity index (χ0n) is 18.5. The molecule has 0 bridgehead atoms. The van der Waals surface area contributed by atoms with Gasteiger partial charge in [0.2, 0.25) is 11.9 Å². The molecule has 0 spiro atoms. The largest absolute Gasteiger partial charge is 0.354 e. The molecule has 9 nitrogen and oxygen atoms in total. The molecule has 3 amide bonds. The lowest BCUT2D eigenvalue weighted by Crippen LogP contribution is -2.45. The van der Waals surface area contributed by atoms with Crippen molar-refractivity contribution in [2.45, 2.75) is 26.8 Å². The second-order valence-corrected chi connectivity index (χ2v) is 7.64. The third kappa shape index (κ3) is 4.52. The van der Waals surface area contributed by atoms with Crippen molar-refractivity contribution < 1.29 is 14.4 Å². The molecule has 0 fully saturated rings. The van der Waals surface area contributed by atoms with Gasteiger partial charge in [0.15, 0.2) is 0 Å². The van der Waals surface area contributed by atoms with Gasteiger partial charge in [-0.2, -0.15) is 4.98 Å². The van der Waals surface area contributed by atoms with Crippen LogP contribution in [-0.4, -0.2) is 45.2 Å². The van der Waals surface area contributed by atoms with Crippen molar-refractivity contribution >= 4 is 40.9 Å². The zero-order chi connectivity index (χ0) is 23.5. The van der Waals surface area contributed by atoms with E-state index < -0.39 is 23.8 Å². The van der Waals surface area contributed by atoms with Gasteiger partial charge in [-0.05, 0) is 57.2 Å². The molecule has 0 aliphatic carbocycles. The van der Waals surface area contributed by atoms with Gasteiger partial charge >= 0.3 is 0 Å². The summed E-state index contributed by atoms with van der Waals surface area (Å²) < 4.78 is 0. The average Bonchev–Trinajstić information content (AvgIpc) is 3.05. The molecular weight excluding hydrogens is 420 g/mol. The third-order valence-corrected chi connectivity index (χ3v) is 5.21. The van der Waals surface area contributed by atoms with E-state index in [9.17, 15) is 14.4 Å². The van der Waals surface area contributed by atoms with Crippen molar-refractivity contribution in [3.8, 4) is 0 Å². The van der Waals surface area contributed by atoms with Crippen molar-refractivity contribution in [1.29, 1.82) is 0 Å². The number of fused-ring (bicyclic) bond motifs is 1. The molecule has 1 aromatic heterocycles. The highest BCUT2D eigenvalue weighted by Gasteiger charge is 2.40. The van der Waals surface area contributed by atoms with E-state index in [0.29, 0.717) is 28.6 Å². The monoisotopic (exact) mass is 444 g/mol. The van der Waals surface area contributed by atoms with E-state index in [0.717, 1.165) is 22.8 Å². The number of anilines is 4. The van der Waals surface area contributed by atoms with Crippen molar-refractivity contribution in [3.63, 3.8) is 0 Å². The molecular formula is C24H24N6O3. The van der Waals surface area contributed by atoms with Gasteiger partial charge in [0.05, 0.1) is 11.1 Å². The van der Waals surface area contributed by atoms with Gasteiger partial charge < -0.3 is 16.0 Å². The quantitative estimate of drug-likeness (QED) is 0.477. The summed E-state index contributed by atoms with van der Waals surface area (Å²) in [6, 6.07) is 14.5. The van der Waals surface area contributed by atoms with Crippen molar-refractivity contribution in [2.24, 2.45) is 0 Å². The second kappa shape index (κ2) is 9.07. The molecule has 1 aliphatic rings. The number of nitrogens with one attached hydrogen (secondary N) is 3. The van der Waals surface area contributed by atoms with Crippen molar-refractivity contribution in [2.75, 3.05) is 22.5 Å². The first-order chi connectivity index (χ1) is 15.9.